The normalized spacial score (nSPS) is 17.1. The Morgan fingerprint density at radius 1 is 1.14 bits per heavy atom. The molecule has 1 N–H and O–H groups in total. The number of nitrogens with one attached hydrogen (secondary N) is 1. The number of hydrogen-bond donors (Lipinski definition) is 1. The van der Waals surface area contributed by atoms with Gasteiger partial charge in [-0.2, -0.15) is 0 Å². The van der Waals surface area contributed by atoms with Crippen molar-refractivity contribution in [3.63, 3.8) is 0 Å². The molecule has 0 aliphatic carbocycles. The summed E-state index contributed by atoms with van der Waals surface area (Å²) in [6.45, 7) is 0.455. The number of amides is 1. The van der Waals surface area contributed by atoms with Crippen LogP contribution in [0.2, 0.25) is 5.02 Å². The molecule has 3 rings (SSSR count). The molecule has 1 heterocycles. The van der Waals surface area contributed by atoms with Crippen LogP contribution in [0.4, 0.5) is 4.79 Å². The van der Waals surface area contributed by atoms with Crippen molar-refractivity contribution in [1.82, 2.24) is 5.32 Å². The number of hydrogen-bond acceptors (Lipinski definition) is 3. The molecule has 116 valence electrons. The maximum Gasteiger partial charge on any atom is 0.407 e. The van der Waals surface area contributed by atoms with E-state index in [4.69, 9.17) is 16.3 Å². The highest BCUT2D eigenvalue weighted by molar-refractivity contribution is 7.99. The number of carbonyl (C=O) groups is 1. The van der Waals surface area contributed by atoms with E-state index in [1.165, 1.54) is 0 Å². The molecule has 1 saturated heterocycles. The molecule has 0 radical (unpaired) electrons. The van der Waals surface area contributed by atoms with Crippen molar-refractivity contribution >= 4 is 41.9 Å². The van der Waals surface area contributed by atoms with E-state index in [9.17, 15) is 4.79 Å². The monoisotopic (exact) mass is 355 g/mol. The van der Waals surface area contributed by atoms with Crippen molar-refractivity contribution in [1.29, 1.82) is 0 Å². The van der Waals surface area contributed by atoms with Gasteiger partial charge in [0.1, 0.15) is 0 Å². The summed E-state index contributed by atoms with van der Waals surface area (Å²) < 4.78 is 4.93. The van der Waals surface area contributed by atoms with Crippen molar-refractivity contribution in [2.45, 2.75) is 22.3 Å². The zero-order valence-corrected chi connectivity index (χ0v) is 14.0. The zero-order valence-electron chi connectivity index (χ0n) is 11.6. The quantitative estimate of drug-likeness (QED) is 0.833. The summed E-state index contributed by atoms with van der Waals surface area (Å²) in [7, 11) is 0. The third-order valence-corrected chi connectivity index (χ3v) is 4.62. The highest BCUT2D eigenvalue weighted by Gasteiger charge is 2.22. The molecule has 0 saturated carbocycles. The van der Waals surface area contributed by atoms with Crippen LogP contribution in [0.5, 0.6) is 0 Å². The van der Waals surface area contributed by atoms with Crippen LogP contribution in [-0.2, 0) is 4.74 Å². The molecule has 0 spiro atoms. The van der Waals surface area contributed by atoms with Gasteiger partial charge in [-0.05, 0) is 35.9 Å². The third kappa shape index (κ3) is 4.09. The molecule has 0 aromatic heterocycles. The summed E-state index contributed by atoms with van der Waals surface area (Å²) in [6.07, 6.45) is 0.432. The van der Waals surface area contributed by atoms with E-state index in [0.29, 0.717) is 6.61 Å². The number of cyclic esters (lactones) is 1. The van der Waals surface area contributed by atoms with Crippen LogP contribution in [0.3, 0.4) is 0 Å². The van der Waals surface area contributed by atoms with Crippen LogP contribution in [-0.4, -0.2) is 12.7 Å². The summed E-state index contributed by atoms with van der Waals surface area (Å²) in [5.74, 6) is 0. The predicted molar refractivity (Wildman–Crippen MR) is 91.1 cm³/mol. The van der Waals surface area contributed by atoms with Gasteiger partial charge in [0.25, 0.3) is 0 Å². The molecule has 2 aromatic carbocycles. The Labute approximate surface area is 144 Å². The number of benzene rings is 2. The van der Waals surface area contributed by atoms with Crippen molar-refractivity contribution in [2.24, 2.45) is 0 Å². The molecule has 1 atom stereocenters. The first-order chi connectivity index (χ1) is 10.2. The number of rotatable bonds is 3. The van der Waals surface area contributed by atoms with Gasteiger partial charge in [0.2, 0.25) is 0 Å². The second-order valence-corrected chi connectivity index (χ2v) is 6.27. The summed E-state index contributed by atoms with van der Waals surface area (Å²) >= 11 is 7.58. The van der Waals surface area contributed by atoms with Gasteiger partial charge in [0.15, 0.2) is 0 Å². The fourth-order valence-electron chi connectivity index (χ4n) is 2.25. The SMILES string of the molecule is Cl.O=C1N[C@H](c2ccccc2Sc2ccc(Cl)cc2)CCO1. The van der Waals surface area contributed by atoms with Gasteiger partial charge in [-0.3, -0.25) is 0 Å². The van der Waals surface area contributed by atoms with Gasteiger partial charge in [-0.1, -0.05) is 41.6 Å². The summed E-state index contributed by atoms with van der Waals surface area (Å²) in [6, 6.07) is 15.8. The van der Waals surface area contributed by atoms with Crippen molar-refractivity contribution in [2.75, 3.05) is 6.61 Å². The molecular weight excluding hydrogens is 341 g/mol. The molecule has 1 fully saturated rings. The van der Waals surface area contributed by atoms with E-state index >= 15 is 0 Å². The van der Waals surface area contributed by atoms with Gasteiger partial charge in [-0.15, -0.1) is 12.4 Å². The van der Waals surface area contributed by atoms with Crippen LogP contribution in [0, 0.1) is 0 Å². The molecule has 3 nitrogen and oxygen atoms in total. The summed E-state index contributed by atoms with van der Waals surface area (Å²) in [5, 5.41) is 3.60. The minimum Gasteiger partial charge on any atom is -0.449 e. The second-order valence-electron chi connectivity index (χ2n) is 4.72. The minimum absolute atomic E-state index is 0. The first kappa shape index (κ1) is 17.0. The number of ether oxygens (including phenoxy) is 1. The number of halogens is 2. The van der Waals surface area contributed by atoms with E-state index < -0.39 is 0 Å². The minimum atomic E-state index is -0.349. The lowest BCUT2D eigenvalue weighted by Gasteiger charge is -2.25. The van der Waals surface area contributed by atoms with E-state index in [2.05, 4.69) is 17.4 Å². The molecule has 22 heavy (non-hydrogen) atoms. The van der Waals surface area contributed by atoms with Crippen LogP contribution in [0.1, 0.15) is 18.0 Å². The Morgan fingerprint density at radius 2 is 1.86 bits per heavy atom. The first-order valence-corrected chi connectivity index (χ1v) is 7.87. The lowest BCUT2D eigenvalue weighted by Crippen LogP contribution is -2.35. The Balaban J connectivity index is 0.00000176. The lowest BCUT2D eigenvalue weighted by molar-refractivity contribution is 0.115. The Morgan fingerprint density at radius 3 is 2.59 bits per heavy atom. The largest absolute Gasteiger partial charge is 0.449 e. The van der Waals surface area contributed by atoms with Crippen molar-refractivity contribution < 1.29 is 9.53 Å². The Kier molecular flexibility index (Phi) is 6.00. The van der Waals surface area contributed by atoms with Crippen molar-refractivity contribution in [3.8, 4) is 0 Å². The maximum absolute atomic E-state index is 11.4. The van der Waals surface area contributed by atoms with Gasteiger partial charge in [0.05, 0.1) is 12.6 Å². The van der Waals surface area contributed by atoms with Gasteiger partial charge < -0.3 is 10.1 Å². The topological polar surface area (TPSA) is 38.3 Å². The molecule has 1 aliphatic heterocycles. The smallest absolute Gasteiger partial charge is 0.407 e. The molecule has 0 unspecified atom stereocenters. The molecular formula is C16H15Cl2NO2S. The Bertz CT molecular complexity index is 649. The molecule has 1 aliphatic rings. The molecule has 0 bridgehead atoms. The molecule has 2 aromatic rings. The maximum atomic E-state index is 11.4. The third-order valence-electron chi connectivity index (χ3n) is 3.27. The highest BCUT2D eigenvalue weighted by atomic mass is 35.5. The van der Waals surface area contributed by atoms with E-state index in [1.807, 2.05) is 36.4 Å². The highest BCUT2D eigenvalue weighted by Crippen LogP contribution is 2.35. The second kappa shape index (κ2) is 7.77. The van der Waals surface area contributed by atoms with Crippen LogP contribution in [0.25, 0.3) is 0 Å². The van der Waals surface area contributed by atoms with Crippen LogP contribution >= 0.6 is 35.8 Å². The first-order valence-electron chi connectivity index (χ1n) is 6.68. The fourth-order valence-corrected chi connectivity index (χ4v) is 3.38. The molecule has 1 amide bonds. The number of carbonyl (C=O) groups excluding carboxylic acids is 1. The number of alkyl carbamates (subject to hydrolysis) is 1. The lowest BCUT2D eigenvalue weighted by atomic mass is 10.0. The average Bonchev–Trinajstić information content (AvgIpc) is 2.50. The van der Waals surface area contributed by atoms with E-state index in [0.717, 1.165) is 26.8 Å². The average molecular weight is 356 g/mol. The van der Waals surface area contributed by atoms with Crippen molar-refractivity contribution in [3.05, 3.63) is 59.1 Å². The summed E-state index contributed by atoms with van der Waals surface area (Å²) in [5.41, 5.74) is 1.12. The van der Waals surface area contributed by atoms with E-state index in [-0.39, 0.29) is 24.5 Å². The predicted octanol–water partition coefficient (Wildman–Crippen LogP) is 5.08. The Hall–Kier alpha value is -1.36. The molecule has 6 heteroatoms. The van der Waals surface area contributed by atoms with Gasteiger partial charge in [0, 0.05) is 21.2 Å². The van der Waals surface area contributed by atoms with E-state index in [1.54, 1.807) is 11.8 Å². The fraction of sp³-hybridized carbons (Fsp3) is 0.188. The van der Waals surface area contributed by atoms with Gasteiger partial charge >= 0.3 is 6.09 Å². The zero-order chi connectivity index (χ0) is 14.7. The standard InChI is InChI=1S/C16H14ClNO2S.ClH/c17-11-5-7-12(8-6-11)21-15-4-2-1-3-13(15)14-9-10-20-16(19)18-14;/h1-8,14H,9-10H2,(H,18,19);1H/t14-;/m0./s1. The van der Waals surface area contributed by atoms with Gasteiger partial charge in [-0.25, -0.2) is 4.79 Å². The summed E-state index contributed by atoms with van der Waals surface area (Å²) in [4.78, 5) is 13.6. The van der Waals surface area contributed by atoms with Crippen LogP contribution in [0.15, 0.2) is 58.3 Å². The van der Waals surface area contributed by atoms with Crippen LogP contribution < -0.4 is 5.32 Å².